The zero-order valence-electron chi connectivity index (χ0n) is 11.2. The third-order valence-electron chi connectivity index (χ3n) is 3.27. The summed E-state index contributed by atoms with van der Waals surface area (Å²) in [6.07, 6.45) is 0. The number of nitrogens with zero attached hydrogens (tertiary/aromatic N) is 1. The van der Waals surface area contributed by atoms with Crippen molar-refractivity contribution < 1.29 is 14.5 Å². The van der Waals surface area contributed by atoms with Gasteiger partial charge in [-0.3, -0.25) is 14.9 Å². The molecule has 0 radical (unpaired) electrons. The SMILES string of the molecule is Cc1ccc(C(=C2Oc3ccccc3C2=O)[N+](=O)[O-])cc1. The van der Waals surface area contributed by atoms with Gasteiger partial charge >= 0.3 is 5.70 Å². The van der Waals surface area contributed by atoms with Gasteiger partial charge in [-0.05, 0) is 31.2 Å². The molecule has 1 aliphatic rings. The van der Waals surface area contributed by atoms with E-state index in [4.69, 9.17) is 4.74 Å². The van der Waals surface area contributed by atoms with Crippen LogP contribution in [0, 0.1) is 17.0 Å². The van der Waals surface area contributed by atoms with Crippen LogP contribution in [0.2, 0.25) is 0 Å². The zero-order chi connectivity index (χ0) is 15.0. The lowest BCUT2D eigenvalue weighted by molar-refractivity contribution is -0.377. The van der Waals surface area contributed by atoms with Gasteiger partial charge < -0.3 is 4.74 Å². The number of benzene rings is 2. The van der Waals surface area contributed by atoms with Crippen LogP contribution in [0.4, 0.5) is 0 Å². The second kappa shape index (κ2) is 4.86. The predicted molar refractivity (Wildman–Crippen MR) is 76.5 cm³/mol. The molecule has 0 saturated heterocycles. The van der Waals surface area contributed by atoms with Crippen molar-refractivity contribution in [3.63, 3.8) is 0 Å². The number of nitro groups is 1. The molecular weight excluding hydrogens is 270 g/mol. The summed E-state index contributed by atoms with van der Waals surface area (Å²) in [4.78, 5) is 23.1. The van der Waals surface area contributed by atoms with Crippen LogP contribution < -0.4 is 4.74 Å². The molecule has 0 fully saturated rings. The number of fused-ring (bicyclic) bond motifs is 1. The van der Waals surface area contributed by atoms with E-state index in [0.717, 1.165) is 5.56 Å². The number of carbonyl (C=O) groups is 1. The lowest BCUT2D eigenvalue weighted by Crippen LogP contribution is -2.09. The van der Waals surface area contributed by atoms with E-state index in [9.17, 15) is 14.9 Å². The highest BCUT2D eigenvalue weighted by Gasteiger charge is 2.36. The number of ketones is 1. The van der Waals surface area contributed by atoms with Gasteiger partial charge in [-0.15, -0.1) is 0 Å². The molecule has 1 aliphatic heterocycles. The minimum atomic E-state index is -0.580. The van der Waals surface area contributed by atoms with Gasteiger partial charge in [0.15, 0.2) is 0 Å². The van der Waals surface area contributed by atoms with Crippen molar-refractivity contribution in [2.24, 2.45) is 0 Å². The molecule has 21 heavy (non-hydrogen) atoms. The molecule has 0 aromatic heterocycles. The number of para-hydroxylation sites is 1. The zero-order valence-corrected chi connectivity index (χ0v) is 11.2. The number of aryl methyl sites for hydroxylation is 1. The lowest BCUT2D eigenvalue weighted by atomic mass is 10.1. The Morgan fingerprint density at radius 2 is 1.76 bits per heavy atom. The third-order valence-corrected chi connectivity index (χ3v) is 3.27. The molecule has 0 saturated carbocycles. The molecule has 104 valence electrons. The van der Waals surface area contributed by atoms with Gasteiger partial charge in [-0.2, -0.15) is 0 Å². The highest BCUT2D eigenvalue weighted by molar-refractivity contribution is 6.15. The maximum Gasteiger partial charge on any atom is 0.322 e. The van der Waals surface area contributed by atoms with Crippen LogP contribution in [0.3, 0.4) is 0 Å². The normalized spacial score (nSPS) is 15.4. The largest absolute Gasteiger partial charge is 0.445 e. The molecule has 0 atom stereocenters. The van der Waals surface area contributed by atoms with E-state index in [2.05, 4.69) is 0 Å². The number of Topliss-reactive ketones (excluding diaryl/α,β-unsaturated/α-hetero) is 1. The minimum Gasteiger partial charge on any atom is -0.445 e. The lowest BCUT2D eigenvalue weighted by Gasteiger charge is -2.03. The Balaban J connectivity index is 2.16. The molecule has 0 spiro atoms. The summed E-state index contributed by atoms with van der Waals surface area (Å²) in [6.45, 7) is 1.88. The Bertz CT molecular complexity index is 775. The summed E-state index contributed by atoms with van der Waals surface area (Å²) in [5.74, 6) is -0.341. The first-order valence-electron chi connectivity index (χ1n) is 6.35. The second-order valence-corrected chi connectivity index (χ2v) is 4.73. The van der Waals surface area contributed by atoms with Crippen LogP contribution >= 0.6 is 0 Å². The fourth-order valence-corrected chi connectivity index (χ4v) is 2.21. The molecule has 0 unspecified atom stereocenters. The summed E-state index contributed by atoms with van der Waals surface area (Å²) in [6, 6.07) is 13.4. The first-order chi connectivity index (χ1) is 10.1. The molecule has 2 aromatic rings. The molecule has 2 aromatic carbocycles. The molecule has 5 nitrogen and oxygen atoms in total. The molecule has 3 rings (SSSR count). The average Bonchev–Trinajstić information content (AvgIpc) is 2.79. The number of allylic oxidation sites excluding steroid dienone is 1. The van der Waals surface area contributed by atoms with Crippen molar-refractivity contribution in [3.05, 3.63) is 81.1 Å². The van der Waals surface area contributed by atoms with Gasteiger partial charge in [0.25, 0.3) is 5.76 Å². The first kappa shape index (κ1) is 13.1. The Labute approximate surface area is 120 Å². The Morgan fingerprint density at radius 3 is 2.38 bits per heavy atom. The molecule has 0 amide bonds. The quantitative estimate of drug-likeness (QED) is 0.481. The summed E-state index contributed by atoms with van der Waals surface area (Å²) in [5.41, 5.74) is 1.37. The van der Waals surface area contributed by atoms with Gasteiger partial charge in [-0.1, -0.05) is 29.8 Å². The topological polar surface area (TPSA) is 69.4 Å². The Morgan fingerprint density at radius 1 is 1.10 bits per heavy atom. The van der Waals surface area contributed by atoms with E-state index in [1.165, 1.54) is 0 Å². The van der Waals surface area contributed by atoms with E-state index in [1.807, 2.05) is 6.92 Å². The van der Waals surface area contributed by atoms with Gasteiger partial charge in [0.2, 0.25) is 5.78 Å². The van der Waals surface area contributed by atoms with Crippen molar-refractivity contribution in [3.8, 4) is 5.75 Å². The smallest absolute Gasteiger partial charge is 0.322 e. The molecule has 0 aliphatic carbocycles. The predicted octanol–water partition coefficient (Wildman–Crippen LogP) is 3.22. The van der Waals surface area contributed by atoms with Crippen LogP contribution in [0.1, 0.15) is 21.5 Å². The van der Waals surface area contributed by atoms with E-state index < -0.39 is 10.7 Å². The van der Waals surface area contributed by atoms with Crippen LogP contribution in [0.25, 0.3) is 5.70 Å². The fraction of sp³-hybridized carbons (Fsp3) is 0.0625. The molecule has 5 heteroatoms. The minimum absolute atomic E-state index is 0.231. The van der Waals surface area contributed by atoms with Crippen molar-refractivity contribution >= 4 is 11.5 Å². The van der Waals surface area contributed by atoms with Crippen molar-refractivity contribution in [2.45, 2.75) is 6.92 Å². The van der Waals surface area contributed by atoms with E-state index in [1.54, 1.807) is 48.5 Å². The standard InChI is InChI=1S/C16H11NO4/c1-10-6-8-11(9-7-10)14(17(19)20)16-15(18)12-4-2-3-5-13(12)21-16/h2-9H,1H3. The number of hydrogen-bond donors (Lipinski definition) is 0. The fourth-order valence-electron chi connectivity index (χ4n) is 2.21. The van der Waals surface area contributed by atoms with E-state index in [-0.39, 0.29) is 11.5 Å². The number of hydrogen-bond acceptors (Lipinski definition) is 4. The third kappa shape index (κ3) is 2.18. The number of carbonyl (C=O) groups excluding carboxylic acids is 1. The first-order valence-corrected chi connectivity index (χ1v) is 6.35. The van der Waals surface area contributed by atoms with Crippen molar-refractivity contribution in [1.82, 2.24) is 0 Å². The van der Waals surface area contributed by atoms with Gasteiger partial charge in [0, 0.05) is 0 Å². The van der Waals surface area contributed by atoms with Crippen LogP contribution in [-0.2, 0) is 0 Å². The summed E-state index contributed by atoms with van der Waals surface area (Å²) < 4.78 is 5.42. The van der Waals surface area contributed by atoms with Crippen LogP contribution in [0.15, 0.2) is 54.3 Å². The number of rotatable bonds is 2. The summed E-state index contributed by atoms with van der Waals surface area (Å²) in [7, 11) is 0. The van der Waals surface area contributed by atoms with Gasteiger partial charge in [-0.25, -0.2) is 0 Å². The molecule has 1 heterocycles. The van der Waals surface area contributed by atoms with Gasteiger partial charge in [0.1, 0.15) is 5.75 Å². The summed E-state index contributed by atoms with van der Waals surface area (Å²) in [5, 5.41) is 11.4. The highest BCUT2D eigenvalue weighted by Crippen LogP contribution is 2.34. The molecule has 0 bridgehead atoms. The number of ether oxygens (including phenoxy) is 1. The molecular formula is C16H11NO4. The Kier molecular flexibility index (Phi) is 3.02. The monoisotopic (exact) mass is 281 g/mol. The van der Waals surface area contributed by atoms with Crippen LogP contribution in [0.5, 0.6) is 5.75 Å². The van der Waals surface area contributed by atoms with Gasteiger partial charge in [0.05, 0.1) is 16.1 Å². The highest BCUT2D eigenvalue weighted by atomic mass is 16.6. The van der Waals surface area contributed by atoms with E-state index >= 15 is 0 Å². The maximum absolute atomic E-state index is 12.3. The second-order valence-electron chi connectivity index (χ2n) is 4.73. The van der Waals surface area contributed by atoms with Crippen molar-refractivity contribution in [2.75, 3.05) is 0 Å². The van der Waals surface area contributed by atoms with E-state index in [0.29, 0.717) is 16.9 Å². The average molecular weight is 281 g/mol. The maximum atomic E-state index is 12.3. The molecule has 0 N–H and O–H groups in total. The van der Waals surface area contributed by atoms with Crippen molar-refractivity contribution in [1.29, 1.82) is 0 Å². The Hall–Kier alpha value is -2.95. The summed E-state index contributed by atoms with van der Waals surface area (Å²) >= 11 is 0. The van der Waals surface area contributed by atoms with Crippen LogP contribution in [-0.4, -0.2) is 10.7 Å².